The first-order valence-corrected chi connectivity index (χ1v) is 6.68. The monoisotopic (exact) mass is 267 g/mol. The molecule has 106 valence electrons. The van der Waals surface area contributed by atoms with Gasteiger partial charge >= 0.3 is 5.97 Å². The number of aromatic nitrogens is 2. The lowest BCUT2D eigenvalue weighted by molar-refractivity contribution is -0.147. The molecule has 0 bridgehead atoms. The molecule has 1 aliphatic rings. The Bertz CT molecular complexity index is 433. The second-order valence-corrected chi connectivity index (χ2v) is 4.94. The Morgan fingerprint density at radius 2 is 2.47 bits per heavy atom. The molecular formula is C13H21N3O3. The molecule has 2 rings (SSSR count). The van der Waals surface area contributed by atoms with Gasteiger partial charge < -0.3 is 9.84 Å². The highest BCUT2D eigenvalue weighted by atomic mass is 16.5. The molecule has 0 aliphatic carbocycles. The number of aryl methyl sites for hydroxylation is 1. The molecule has 2 atom stereocenters. The normalized spacial score (nSPS) is 22.3. The SMILES string of the molecule is CCCC(C(=O)O)N1CCOC(c2cnn(C)c2)C1. The molecule has 19 heavy (non-hydrogen) atoms. The third-order valence-electron chi connectivity index (χ3n) is 3.48. The maximum absolute atomic E-state index is 11.3. The van der Waals surface area contributed by atoms with Crippen LogP contribution >= 0.6 is 0 Å². The first-order chi connectivity index (χ1) is 9.11. The molecule has 6 heteroatoms. The summed E-state index contributed by atoms with van der Waals surface area (Å²) < 4.78 is 7.46. The molecule has 1 fully saturated rings. The summed E-state index contributed by atoms with van der Waals surface area (Å²) >= 11 is 0. The molecule has 2 unspecified atom stereocenters. The third-order valence-corrected chi connectivity index (χ3v) is 3.48. The highest BCUT2D eigenvalue weighted by Gasteiger charge is 2.31. The minimum atomic E-state index is -0.742. The summed E-state index contributed by atoms with van der Waals surface area (Å²) in [5, 5.41) is 13.5. The zero-order valence-electron chi connectivity index (χ0n) is 11.5. The second-order valence-electron chi connectivity index (χ2n) is 4.94. The highest BCUT2D eigenvalue weighted by Crippen LogP contribution is 2.24. The zero-order valence-corrected chi connectivity index (χ0v) is 11.5. The van der Waals surface area contributed by atoms with Gasteiger partial charge in [-0.2, -0.15) is 5.10 Å². The van der Waals surface area contributed by atoms with E-state index in [9.17, 15) is 9.90 Å². The van der Waals surface area contributed by atoms with Gasteiger partial charge in [0.05, 0.1) is 18.9 Å². The minimum Gasteiger partial charge on any atom is -0.480 e. The summed E-state index contributed by atoms with van der Waals surface area (Å²) in [6, 6.07) is -0.409. The molecule has 1 aromatic rings. The standard InChI is InChI=1S/C13H21N3O3/c1-3-4-11(13(17)18)16-5-6-19-12(9-16)10-7-14-15(2)8-10/h7-8,11-12H,3-6,9H2,1-2H3,(H,17,18). The van der Waals surface area contributed by atoms with E-state index in [1.807, 2.05) is 25.1 Å². The van der Waals surface area contributed by atoms with Gasteiger partial charge in [0.2, 0.25) is 0 Å². The van der Waals surface area contributed by atoms with Gasteiger partial charge in [0.25, 0.3) is 0 Å². The van der Waals surface area contributed by atoms with Crippen LogP contribution in [0.15, 0.2) is 12.4 Å². The van der Waals surface area contributed by atoms with E-state index in [0.29, 0.717) is 26.1 Å². The summed E-state index contributed by atoms with van der Waals surface area (Å²) in [5.74, 6) is -0.742. The van der Waals surface area contributed by atoms with Crippen molar-refractivity contribution in [3.05, 3.63) is 18.0 Å². The number of aliphatic carboxylic acids is 1. The van der Waals surface area contributed by atoms with Crippen molar-refractivity contribution in [3.63, 3.8) is 0 Å². The van der Waals surface area contributed by atoms with Gasteiger partial charge in [0.1, 0.15) is 6.04 Å². The number of ether oxygens (including phenoxy) is 1. The molecule has 1 aromatic heterocycles. The largest absolute Gasteiger partial charge is 0.480 e. The minimum absolute atomic E-state index is 0.0823. The predicted molar refractivity (Wildman–Crippen MR) is 69.8 cm³/mol. The first kappa shape index (κ1) is 14.0. The van der Waals surface area contributed by atoms with Crippen molar-refractivity contribution >= 4 is 5.97 Å². The Kier molecular flexibility index (Phi) is 4.55. The molecular weight excluding hydrogens is 246 g/mol. The predicted octanol–water partition coefficient (Wildman–Crippen LogP) is 1.05. The van der Waals surface area contributed by atoms with E-state index in [2.05, 4.69) is 5.10 Å². The van der Waals surface area contributed by atoms with E-state index in [1.165, 1.54) is 0 Å². The van der Waals surface area contributed by atoms with E-state index in [4.69, 9.17) is 4.74 Å². The van der Waals surface area contributed by atoms with Crippen molar-refractivity contribution in [3.8, 4) is 0 Å². The van der Waals surface area contributed by atoms with Crippen molar-refractivity contribution in [2.45, 2.75) is 31.9 Å². The number of hydrogen-bond acceptors (Lipinski definition) is 4. The average Bonchev–Trinajstić information content (AvgIpc) is 2.82. The van der Waals surface area contributed by atoms with Crippen molar-refractivity contribution < 1.29 is 14.6 Å². The van der Waals surface area contributed by atoms with Crippen LogP contribution in [0.4, 0.5) is 0 Å². The maximum atomic E-state index is 11.3. The third kappa shape index (κ3) is 3.33. The molecule has 0 radical (unpaired) electrons. The number of carboxylic acid groups (broad SMARTS) is 1. The maximum Gasteiger partial charge on any atom is 0.320 e. The number of hydrogen-bond donors (Lipinski definition) is 1. The summed E-state index contributed by atoms with van der Waals surface area (Å²) in [7, 11) is 1.86. The van der Waals surface area contributed by atoms with Crippen molar-refractivity contribution in [2.75, 3.05) is 19.7 Å². The van der Waals surface area contributed by atoms with Crippen molar-refractivity contribution in [2.24, 2.45) is 7.05 Å². The number of carbonyl (C=O) groups is 1. The lowest BCUT2D eigenvalue weighted by atomic mass is 10.1. The lowest BCUT2D eigenvalue weighted by Gasteiger charge is -2.36. The first-order valence-electron chi connectivity index (χ1n) is 6.68. The summed E-state index contributed by atoms with van der Waals surface area (Å²) in [6.07, 6.45) is 5.16. The fourth-order valence-corrected chi connectivity index (χ4v) is 2.50. The molecule has 6 nitrogen and oxygen atoms in total. The van der Waals surface area contributed by atoms with Crippen LogP contribution in [0.3, 0.4) is 0 Å². The van der Waals surface area contributed by atoms with Crippen LogP contribution in [-0.4, -0.2) is 51.5 Å². The molecule has 1 saturated heterocycles. The summed E-state index contributed by atoms with van der Waals surface area (Å²) in [4.78, 5) is 13.3. The highest BCUT2D eigenvalue weighted by molar-refractivity contribution is 5.73. The van der Waals surface area contributed by atoms with Crippen LogP contribution < -0.4 is 0 Å². The van der Waals surface area contributed by atoms with E-state index < -0.39 is 12.0 Å². The van der Waals surface area contributed by atoms with E-state index in [0.717, 1.165) is 12.0 Å². The summed E-state index contributed by atoms with van der Waals surface area (Å²) in [6.45, 7) is 3.86. The Labute approximate surface area is 113 Å². The Morgan fingerprint density at radius 1 is 1.68 bits per heavy atom. The van der Waals surface area contributed by atoms with Gasteiger partial charge in [-0.15, -0.1) is 0 Å². The fraction of sp³-hybridized carbons (Fsp3) is 0.692. The smallest absolute Gasteiger partial charge is 0.320 e. The zero-order chi connectivity index (χ0) is 13.8. The van der Waals surface area contributed by atoms with Gasteiger partial charge in [-0.1, -0.05) is 13.3 Å². The van der Waals surface area contributed by atoms with E-state index in [1.54, 1.807) is 10.9 Å². The molecule has 0 aromatic carbocycles. The number of rotatable bonds is 5. The fourth-order valence-electron chi connectivity index (χ4n) is 2.50. The number of morpholine rings is 1. The van der Waals surface area contributed by atoms with Gasteiger partial charge in [0.15, 0.2) is 0 Å². The van der Waals surface area contributed by atoms with Crippen LogP contribution in [0.1, 0.15) is 31.4 Å². The van der Waals surface area contributed by atoms with Crippen LogP contribution in [0.5, 0.6) is 0 Å². The number of nitrogens with zero attached hydrogens (tertiary/aromatic N) is 3. The van der Waals surface area contributed by atoms with E-state index >= 15 is 0 Å². The van der Waals surface area contributed by atoms with Crippen LogP contribution in [-0.2, 0) is 16.6 Å². The van der Waals surface area contributed by atoms with Gasteiger partial charge in [0, 0.05) is 31.9 Å². The summed E-state index contributed by atoms with van der Waals surface area (Å²) in [5.41, 5.74) is 1.01. The molecule has 1 N–H and O–H groups in total. The Morgan fingerprint density at radius 3 is 3.05 bits per heavy atom. The molecule has 0 spiro atoms. The molecule has 0 amide bonds. The Balaban J connectivity index is 2.05. The molecule has 1 aliphatic heterocycles. The number of carboxylic acids is 1. The van der Waals surface area contributed by atoms with Crippen LogP contribution in [0.25, 0.3) is 0 Å². The average molecular weight is 267 g/mol. The second kappa shape index (κ2) is 6.16. The molecule has 2 heterocycles. The van der Waals surface area contributed by atoms with Crippen molar-refractivity contribution in [1.29, 1.82) is 0 Å². The lowest BCUT2D eigenvalue weighted by Crippen LogP contribution is -2.48. The van der Waals surface area contributed by atoms with Gasteiger partial charge in [-0.3, -0.25) is 14.4 Å². The van der Waals surface area contributed by atoms with E-state index in [-0.39, 0.29) is 6.10 Å². The van der Waals surface area contributed by atoms with Gasteiger partial charge in [-0.05, 0) is 6.42 Å². The quantitative estimate of drug-likeness (QED) is 0.863. The van der Waals surface area contributed by atoms with Gasteiger partial charge in [-0.25, -0.2) is 0 Å². The van der Waals surface area contributed by atoms with Crippen molar-refractivity contribution in [1.82, 2.24) is 14.7 Å². The van der Waals surface area contributed by atoms with Crippen LogP contribution in [0, 0.1) is 0 Å². The topological polar surface area (TPSA) is 67.6 Å². The molecule has 0 saturated carbocycles. The van der Waals surface area contributed by atoms with Crippen LogP contribution in [0.2, 0.25) is 0 Å². The Hall–Kier alpha value is -1.40.